The Labute approximate surface area is 157 Å². The van der Waals surface area contributed by atoms with Crippen LogP contribution in [0.4, 0.5) is 5.69 Å². The van der Waals surface area contributed by atoms with Crippen molar-refractivity contribution in [1.82, 2.24) is 5.32 Å². The Morgan fingerprint density at radius 3 is 2.44 bits per heavy atom. The van der Waals surface area contributed by atoms with E-state index in [9.17, 15) is 13.2 Å². The summed E-state index contributed by atoms with van der Waals surface area (Å²) in [6.45, 7) is 2.55. The summed E-state index contributed by atoms with van der Waals surface area (Å²) < 4.78 is 24.8. The summed E-state index contributed by atoms with van der Waals surface area (Å²) in [7, 11) is -3.42. The van der Waals surface area contributed by atoms with Gasteiger partial charge in [0, 0.05) is 22.8 Å². The molecule has 8 heteroatoms. The number of aryl methyl sites for hydroxylation is 1. The second-order valence-corrected chi connectivity index (χ2v) is 8.81. The van der Waals surface area contributed by atoms with Crippen molar-refractivity contribution in [3.8, 4) is 0 Å². The Hall–Kier alpha value is -1.70. The summed E-state index contributed by atoms with van der Waals surface area (Å²) in [5.41, 5.74) is 1.84. The van der Waals surface area contributed by atoms with E-state index in [1.54, 1.807) is 11.8 Å². The van der Waals surface area contributed by atoms with Gasteiger partial charge in [-0.2, -0.15) is 0 Å². The summed E-state index contributed by atoms with van der Waals surface area (Å²) in [4.78, 5) is 13.3. The smallest absolute Gasteiger partial charge is 0.251 e. The highest BCUT2D eigenvalue weighted by Crippen LogP contribution is 2.24. The highest BCUT2D eigenvalue weighted by Gasteiger charge is 2.11. The Bertz CT molecular complexity index is 853. The van der Waals surface area contributed by atoms with E-state index in [1.165, 1.54) is 23.8 Å². The molecule has 0 aliphatic carbocycles. The number of rotatable bonds is 7. The van der Waals surface area contributed by atoms with Gasteiger partial charge in [-0.05, 0) is 37.3 Å². The van der Waals surface area contributed by atoms with Crippen molar-refractivity contribution < 1.29 is 13.2 Å². The van der Waals surface area contributed by atoms with Crippen LogP contribution in [0.2, 0.25) is 5.02 Å². The first-order valence-electron chi connectivity index (χ1n) is 7.49. The van der Waals surface area contributed by atoms with Crippen molar-refractivity contribution in [2.75, 3.05) is 23.3 Å². The highest BCUT2D eigenvalue weighted by atomic mass is 35.5. The summed E-state index contributed by atoms with van der Waals surface area (Å²) >= 11 is 7.68. The van der Waals surface area contributed by atoms with E-state index in [0.29, 0.717) is 12.1 Å². The van der Waals surface area contributed by atoms with E-state index < -0.39 is 10.0 Å². The van der Waals surface area contributed by atoms with Crippen LogP contribution in [0.5, 0.6) is 0 Å². The highest BCUT2D eigenvalue weighted by molar-refractivity contribution is 7.99. The fraction of sp³-hybridized carbons (Fsp3) is 0.235. The molecule has 0 aromatic heterocycles. The van der Waals surface area contributed by atoms with Crippen molar-refractivity contribution >= 4 is 45.0 Å². The largest absolute Gasteiger partial charge is 0.351 e. The molecule has 0 saturated carbocycles. The molecule has 0 unspecified atom stereocenters. The number of thioether (sulfide) groups is 1. The molecule has 25 heavy (non-hydrogen) atoms. The van der Waals surface area contributed by atoms with Gasteiger partial charge in [0.25, 0.3) is 5.91 Å². The van der Waals surface area contributed by atoms with Gasteiger partial charge in [0.2, 0.25) is 10.0 Å². The maximum absolute atomic E-state index is 12.1. The number of amides is 1. The standard InChI is InChI=1S/C17H19ClN2O3S2/c1-12-3-6-14(7-4-12)24-10-9-19-17(21)13-5-8-16(15(18)11-13)20-25(2,22)23/h3-8,11,20H,9-10H2,1-2H3,(H,19,21). The maximum atomic E-state index is 12.1. The van der Waals surface area contributed by atoms with E-state index in [-0.39, 0.29) is 16.6 Å². The Morgan fingerprint density at radius 2 is 1.84 bits per heavy atom. The number of hydrogen-bond donors (Lipinski definition) is 2. The molecule has 2 aromatic carbocycles. The van der Waals surface area contributed by atoms with Gasteiger partial charge < -0.3 is 5.32 Å². The first kappa shape index (κ1) is 19.6. The molecule has 0 bridgehead atoms. The third-order valence-electron chi connectivity index (χ3n) is 3.20. The molecule has 2 N–H and O–H groups in total. The monoisotopic (exact) mass is 398 g/mol. The van der Waals surface area contributed by atoms with Gasteiger partial charge in [0.15, 0.2) is 0 Å². The third-order valence-corrected chi connectivity index (χ3v) is 5.12. The van der Waals surface area contributed by atoms with Crippen molar-refractivity contribution in [3.63, 3.8) is 0 Å². The lowest BCUT2D eigenvalue weighted by Gasteiger charge is -2.09. The number of carbonyl (C=O) groups excluding carboxylic acids is 1. The molecular formula is C17H19ClN2O3S2. The van der Waals surface area contributed by atoms with Crippen LogP contribution in [-0.4, -0.2) is 32.9 Å². The van der Waals surface area contributed by atoms with E-state index in [2.05, 4.69) is 34.3 Å². The van der Waals surface area contributed by atoms with Crippen LogP contribution in [0.15, 0.2) is 47.4 Å². The molecule has 0 saturated heterocycles. The molecule has 0 atom stereocenters. The number of carbonyl (C=O) groups is 1. The van der Waals surface area contributed by atoms with Crippen LogP contribution in [0.3, 0.4) is 0 Å². The number of nitrogens with one attached hydrogen (secondary N) is 2. The predicted octanol–water partition coefficient (Wildman–Crippen LogP) is 3.54. The lowest BCUT2D eigenvalue weighted by atomic mass is 10.2. The minimum Gasteiger partial charge on any atom is -0.351 e. The zero-order chi connectivity index (χ0) is 18.4. The molecule has 5 nitrogen and oxygen atoms in total. The fourth-order valence-electron chi connectivity index (χ4n) is 2.01. The molecule has 1 amide bonds. The number of benzene rings is 2. The Morgan fingerprint density at radius 1 is 1.16 bits per heavy atom. The van der Waals surface area contributed by atoms with Gasteiger partial charge in [0.1, 0.15) is 0 Å². The van der Waals surface area contributed by atoms with Crippen LogP contribution < -0.4 is 10.0 Å². The van der Waals surface area contributed by atoms with Gasteiger partial charge in [-0.3, -0.25) is 9.52 Å². The third kappa shape index (κ3) is 6.61. The molecule has 0 fully saturated rings. The van der Waals surface area contributed by atoms with Crippen molar-refractivity contribution in [3.05, 3.63) is 58.6 Å². The van der Waals surface area contributed by atoms with E-state index >= 15 is 0 Å². The number of halogens is 1. The summed E-state index contributed by atoms with van der Waals surface area (Å²) in [6.07, 6.45) is 1.04. The average Bonchev–Trinajstić information content (AvgIpc) is 2.53. The van der Waals surface area contributed by atoms with Crippen molar-refractivity contribution in [2.24, 2.45) is 0 Å². The molecule has 2 rings (SSSR count). The van der Waals surface area contributed by atoms with Gasteiger partial charge in [-0.15, -0.1) is 11.8 Å². The summed E-state index contributed by atoms with van der Waals surface area (Å²) in [5.74, 6) is 0.494. The van der Waals surface area contributed by atoms with Crippen LogP contribution in [-0.2, 0) is 10.0 Å². The minimum absolute atomic E-state index is 0.173. The van der Waals surface area contributed by atoms with Crippen LogP contribution in [0.1, 0.15) is 15.9 Å². The van der Waals surface area contributed by atoms with Gasteiger partial charge in [-0.25, -0.2) is 8.42 Å². The first-order valence-corrected chi connectivity index (χ1v) is 10.7. The topological polar surface area (TPSA) is 75.3 Å². The molecule has 0 radical (unpaired) electrons. The van der Waals surface area contributed by atoms with Gasteiger partial charge >= 0.3 is 0 Å². The number of hydrogen-bond acceptors (Lipinski definition) is 4. The van der Waals surface area contributed by atoms with E-state index in [4.69, 9.17) is 11.6 Å². The van der Waals surface area contributed by atoms with Crippen LogP contribution in [0.25, 0.3) is 0 Å². The van der Waals surface area contributed by atoms with Crippen LogP contribution in [0, 0.1) is 6.92 Å². The SMILES string of the molecule is Cc1ccc(SCCNC(=O)c2ccc(NS(C)(=O)=O)c(Cl)c2)cc1. The second kappa shape index (κ2) is 8.60. The number of sulfonamides is 1. The average molecular weight is 399 g/mol. The molecule has 0 aliphatic rings. The molecule has 0 heterocycles. The van der Waals surface area contributed by atoms with Gasteiger partial charge in [0.05, 0.1) is 17.0 Å². The predicted molar refractivity (Wildman–Crippen MR) is 104 cm³/mol. The van der Waals surface area contributed by atoms with Crippen molar-refractivity contribution in [1.29, 1.82) is 0 Å². The van der Waals surface area contributed by atoms with Gasteiger partial charge in [-0.1, -0.05) is 29.3 Å². The number of anilines is 1. The second-order valence-electron chi connectivity index (χ2n) is 5.49. The van der Waals surface area contributed by atoms with E-state index in [1.807, 2.05) is 6.92 Å². The quantitative estimate of drug-likeness (QED) is 0.552. The minimum atomic E-state index is -3.42. The normalized spacial score (nSPS) is 11.2. The lowest BCUT2D eigenvalue weighted by molar-refractivity contribution is 0.0956. The molecule has 134 valence electrons. The maximum Gasteiger partial charge on any atom is 0.251 e. The molecular weight excluding hydrogens is 380 g/mol. The molecule has 0 aliphatic heterocycles. The lowest BCUT2D eigenvalue weighted by Crippen LogP contribution is -2.25. The first-order chi connectivity index (χ1) is 11.7. The summed E-state index contributed by atoms with van der Waals surface area (Å²) in [5, 5.41) is 2.99. The Kier molecular flexibility index (Phi) is 6.75. The molecule has 2 aromatic rings. The fourth-order valence-corrected chi connectivity index (χ4v) is 3.64. The zero-order valence-electron chi connectivity index (χ0n) is 13.9. The molecule has 0 spiro atoms. The van der Waals surface area contributed by atoms with Crippen LogP contribution >= 0.6 is 23.4 Å². The van der Waals surface area contributed by atoms with E-state index in [0.717, 1.165) is 16.9 Å². The Balaban J connectivity index is 1.86. The summed E-state index contributed by atoms with van der Waals surface area (Å²) in [6, 6.07) is 12.6. The zero-order valence-corrected chi connectivity index (χ0v) is 16.3. The van der Waals surface area contributed by atoms with Crippen molar-refractivity contribution in [2.45, 2.75) is 11.8 Å².